The molecular formula is C9H12N2OS. The van der Waals surface area contributed by atoms with Crippen LogP contribution in [0.2, 0.25) is 0 Å². The first-order valence-electron chi connectivity index (χ1n) is 4.46. The van der Waals surface area contributed by atoms with Crippen LogP contribution in [0.4, 0.5) is 5.13 Å². The van der Waals surface area contributed by atoms with Crippen LogP contribution in [-0.4, -0.2) is 10.9 Å². The van der Waals surface area contributed by atoms with E-state index in [1.807, 2.05) is 5.38 Å². The van der Waals surface area contributed by atoms with E-state index in [-0.39, 0.29) is 11.8 Å². The number of aromatic nitrogens is 1. The Morgan fingerprint density at radius 3 is 3.00 bits per heavy atom. The first kappa shape index (κ1) is 8.69. The minimum absolute atomic E-state index is 0.132. The quantitative estimate of drug-likeness (QED) is 0.787. The molecule has 0 aliphatic heterocycles. The summed E-state index contributed by atoms with van der Waals surface area (Å²) in [6.45, 7) is 2.17. The molecule has 0 aromatic carbocycles. The van der Waals surface area contributed by atoms with Crippen LogP contribution in [0.15, 0.2) is 11.6 Å². The van der Waals surface area contributed by atoms with Gasteiger partial charge in [-0.1, -0.05) is 6.92 Å². The predicted octanol–water partition coefficient (Wildman–Crippen LogP) is 2.13. The number of rotatable bonds is 2. The number of carbonyl (C=O) groups is 1. The molecule has 70 valence electrons. The second-order valence-electron chi connectivity index (χ2n) is 3.60. The van der Waals surface area contributed by atoms with E-state index in [1.165, 1.54) is 11.3 Å². The van der Waals surface area contributed by atoms with Crippen molar-refractivity contribution in [1.82, 2.24) is 4.98 Å². The fourth-order valence-corrected chi connectivity index (χ4v) is 2.14. The number of thiazole rings is 1. The van der Waals surface area contributed by atoms with Crippen molar-refractivity contribution in [3.63, 3.8) is 0 Å². The summed E-state index contributed by atoms with van der Waals surface area (Å²) in [5.41, 5.74) is 0. The van der Waals surface area contributed by atoms with Crippen LogP contribution in [0.5, 0.6) is 0 Å². The Morgan fingerprint density at radius 1 is 1.69 bits per heavy atom. The van der Waals surface area contributed by atoms with Crippen molar-refractivity contribution in [2.45, 2.75) is 19.8 Å². The monoisotopic (exact) mass is 196 g/mol. The average molecular weight is 196 g/mol. The number of hydrogen-bond donors (Lipinski definition) is 1. The normalized spacial score (nSPS) is 26.5. The van der Waals surface area contributed by atoms with Gasteiger partial charge in [-0.25, -0.2) is 4.98 Å². The summed E-state index contributed by atoms with van der Waals surface area (Å²) in [7, 11) is 0. The van der Waals surface area contributed by atoms with Crippen molar-refractivity contribution < 1.29 is 4.79 Å². The number of anilines is 1. The molecule has 13 heavy (non-hydrogen) atoms. The van der Waals surface area contributed by atoms with Crippen LogP contribution in [0.1, 0.15) is 19.8 Å². The van der Waals surface area contributed by atoms with E-state index in [4.69, 9.17) is 0 Å². The fourth-order valence-electron chi connectivity index (χ4n) is 1.61. The van der Waals surface area contributed by atoms with Crippen LogP contribution >= 0.6 is 11.3 Å². The Labute approximate surface area is 81.2 Å². The van der Waals surface area contributed by atoms with Gasteiger partial charge in [-0.05, 0) is 18.8 Å². The van der Waals surface area contributed by atoms with Crippen LogP contribution in [0.3, 0.4) is 0 Å². The van der Waals surface area contributed by atoms with E-state index in [9.17, 15) is 4.79 Å². The van der Waals surface area contributed by atoms with Gasteiger partial charge < -0.3 is 5.32 Å². The maximum atomic E-state index is 11.5. The van der Waals surface area contributed by atoms with E-state index in [1.54, 1.807) is 6.20 Å². The molecule has 0 atom stereocenters. The van der Waals surface area contributed by atoms with Gasteiger partial charge in [0.2, 0.25) is 5.91 Å². The van der Waals surface area contributed by atoms with Crippen LogP contribution in [0, 0.1) is 11.8 Å². The third kappa shape index (κ3) is 1.88. The molecule has 1 aromatic rings. The van der Waals surface area contributed by atoms with E-state index in [0.717, 1.165) is 12.8 Å². The molecular weight excluding hydrogens is 184 g/mol. The van der Waals surface area contributed by atoms with Crippen LogP contribution in [-0.2, 0) is 4.79 Å². The molecule has 3 nitrogen and oxygen atoms in total. The Bertz CT molecular complexity index is 291. The lowest BCUT2D eigenvalue weighted by Gasteiger charge is -2.30. The highest BCUT2D eigenvalue weighted by atomic mass is 32.1. The summed E-state index contributed by atoms with van der Waals surface area (Å²) >= 11 is 1.46. The number of amides is 1. The lowest BCUT2D eigenvalue weighted by atomic mass is 9.76. The van der Waals surface area contributed by atoms with Crippen molar-refractivity contribution in [3.8, 4) is 0 Å². The zero-order valence-electron chi connectivity index (χ0n) is 7.49. The minimum Gasteiger partial charge on any atom is -0.302 e. The lowest BCUT2D eigenvalue weighted by molar-refractivity contribution is -0.123. The lowest BCUT2D eigenvalue weighted by Crippen LogP contribution is -2.33. The third-order valence-electron chi connectivity index (χ3n) is 2.41. The van der Waals surface area contributed by atoms with Crippen LogP contribution in [0.25, 0.3) is 0 Å². The molecule has 0 saturated heterocycles. The molecule has 0 unspecified atom stereocenters. The number of nitrogens with zero attached hydrogens (tertiary/aromatic N) is 1. The third-order valence-corrected chi connectivity index (χ3v) is 3.10. The highest BCUT2D eigenvalue weighted by Crippen LogP contribution is 2.33. The summed E-state index contributed by atoms with van der Waals surface area (Å²) in [5.74, 6) is 1.07. The van der Waals surface area contributed by atoms with Crippen molar-refractivity contribution in [2.24, 2.45) is 11.8 Å². The summed E-state index contributed by atoms with van der Waals surface area (Å²) in [5, 5.41) is 5.39. The maximum absolute atomic E-state index is 11.5. The van der Waals surface area contributed by atoms with E-state index >= 15 is 0 Å². The maximum Gasteiger partial charge on any atom is 0.229 e. The van der Waals surface area contributed by atoms with Crippen molar-refractivity contribution in [2.75, 3.05) is 5.32 Å². The fraction of sp³-hybridized carbons (Fsp3) is 0.556. The van der Waals surface area contributed by atoms with Gasteiger partial charge in [-0.2, -0.15) is 0 Å². The van der Waals surface area contributed by atoms with Gasteiger partial charge in [-0.15, -0.1) is 11.3 Å². The average Bonchev–Trinajstić information content (AvgIpc) is 2.51. The summed E-state index contributed by atoms with van der Waals surface area (Å²) in [6, 6.07) is 0. The molecule has 1 saturated carbocycles. The van der Waals surface area contributed by atoms with E-state index in [2.05, 4.69) is 17.2 Å². The molecule has 1 amide bonds. The largest absolute Gasteiger partial charge is 0.302 e. The molecule has 1 aliphatic carbocycles. The van der Waals surface area contributed by atoms with Gasteiger partial charge >= 0.3 is 0 Å². The first-order chi connectivity index (χ1) is 6.25. The number of nitrogens with one attached hydrogen (secondary N) is 1. The zero-order chi connectivity index (χ0) is 9.26. The Kier molecular flexibility index (Phi) is 2.31. The van der Waals surface area contributed by atoms with Gasteiger partial charge in [0.1, 0.15) is 0 Å². The summed E-state index contributed by atoms with van der Waals surface area (Å²) in [6.07, 6.45) is 3.75. The standard InChI is InChI=1S/C9H12N2OS/c1-6-4-7(5-6)8(12)11-9-10-2-3-13-9/h2-3,6-7H,4-5H2,1H3,(H,10,11,12). The summed E-state index contributed by atoms with van der Waals surface area (Å²) < 4.78 is 0. The molecule has 1 aliphatic rings. The van der Waals surface area contributed by atoms with Gasteiger partial charge in [0.15, 0.2) is 5.13 Å². The SMILES string of the molecule is CC1CC(C(=O)Nc2nccs2)C1. The predicted molar refractivity (Wildman–Crippen MR) is 52.6 cm³/mol. The second kappa shape index (κ2) is 3.46. The van der Waals surface area contributed by atoms with Crippen LogP contribution < -0.4 is 5.32 Å². The smallest absolute Gasteiger partial charge is 0.229 e. The van der Waals surface area contributed by atoms with Gasteiger partial charge in [0.25, 0.3) is 0 Å². The molecule has 1 aromatic heterocycles. The summed E-state index contributed by atoms with van der Waals surface area (Å²) in [4.78, 5) is 15.5. The van der Waals surface area contributed by atoms with E-state index < -0.39 is 0 Å². The van der Waals surface area contributed by atoms with E-state index in [0.29, 0.717) is 11.0 Å². The molecule has 0 spiro atoms. The number of carbonyl (C=O) groups excluding carboxylic acids is 1. The minimum atomic E-state index is 0.132. The Morgan fingerprint density at radius 2 is 2.46 bits per heavy atom. The molecule has 1 heterocycles. The van der Waals surface area contributed by atoms with Gasteiger partial charge in [-0.3, -0.25) is 4.79 Å². The second-order valence-corrected chi connectivity index (χ2v) is 4.49. The molecule has 2 rings (SSSR count). The molecule has 0 bridgehead atoms. The molecule has 1 N–H and O–H groups in total. The molecule has 0 radical (unpaired) electrons. The highest BCUT2D eigenvalue weighted by molar-refractivity contribution is 7.13. The highest BCUT2D eigenvalue weighted by Gasteiger charge is 2.31. The molecule has 1 fully saturated rings. The van der Waals surface area contributed by atoms with Gasteiger partial charge in [0.05, 0.1) is 0 Å². The Hall–Kier alpha value is -0.900. The number of hydrogen-bond acceptors (Lipinski definition) is 3. The zero-order valence-corrected chi connectivity index (χ0v) is 8.30. The van der Waals surface area contributed by atoms with Crippen molar-refractivity contribution in [3.05, 3.63) is 11.6 Å². The topological polar surface area (TPSA) is 42.0 Å². The van der Waals surface area contributed by atoms with Crippen molar-refractivity contribution >= 4 is 22.4 Å². The van der Waals surface area contributed by atoms with Crippen molar-refractivity contribution in [1.29, 1.82) is 0 Å². The molecule has 4 heteroatoms. The first-order valence-corrected chi connectivity index (χ1v) is 5.34. The Balaban J connectivity index is 1.86. The van der Waals surface area contributed by atoms with Gasteiger partial charge in [0, 0.05) is 17.5 Å².